The molecule has 1 saturated heterocycles. The smallest absolute Gasteiger partial charge is 0.262 e. The number of halogens is 1. The fourth-order valence-electron chi connectivity index (χ4n) is 2.12. The molecule has 0 bridgehead atoms. The van der Waals surface area contributed by atoms with E-state index < -0.39 is 10.0 Å². The van der Waals surface area contributed by atoms with Gasteiger partial charge in [0.25, 0.3) is 10.0 Å². The molecule has 1 aromatic rings. The quantitative estimate of drug-likeness (QED) is 0.884. The molecule has 1 aliphatic rings. The zero-order chi connectivity index (χ0) is 13.2. The Balaban J connectivity index is 0.00000180. The Bertz CT molecular complexity index is 517. The van der Waals surface area contributed by atoms with E-state index in [1.54, 1.807) is 14.0 Å². The van der Waals surface area contributed by atoms with E-state index in [0.29, 0.717) is 12.2 Å². The lowest BCUT2D eigenvalue weighted by Gasteiger charge is -2.30. The minimum absolute atomic E-state index is 0. The van der Waals surface area contributed by atoms with Crippen LogP contribution in [0.4, 0.5) is 0 Å². The van der Waals surface area contributed by atoms with Crippen molar-refractivity contribution in [2.75, 3.05) is 20.1 Å². The number of likely N-dealkylation sites (N-methyl/N-ethyl adjacent to an activating group) is 1. The van der Waals surface area contributed by atoms with E-state index in [4.69, 9.17) is 0 Å². The maximum absolute atomic E-state index is 12.4. The van der Waals surface area contributed by atoms with Crippen LogP contribution in [-0.4, -0.2) is 48.9 Å². The van der Waals surface area contributed by atoms with Gasteiger partial charge in [-0.3, -0.25) is 4.98 Å². The van der Waals surface area contributed by atoms with Crippen molar-refractivity contribution in [1.82, 2.24) is 19.6 Å². The highest BCUT2D eigenvalue weighted by molar-refractivity contribution is 7.89. The zero-order valence-electron chi connectivity index (χ0n) is 11.0. The van der Waals surface area contributed by atoms with E-state index in [1.807, 2.05) is 0 Å². The van der Waals surface area contributed by atoms with Gasteiger partial charge in [0, 0.05) is 32.0 Å². The molecule has 0 spiro atoms. The molecule has 19 heavy (non-hydrogen) atoms. The third-order valence-corrected chi connectivity index (χ3v) is 5.19. The first kappa shape index (κ1) is 16.3. The van der Waals surface area contributed by atoms with Crippen LogP contribution in [0.1, 0.15) is 18.5 Å². The van der Waals surface area contributed by atoms with Crippen molar-refractivity contribution < 1.29 is 8.42 Å². The van der Waals surface area contributed by atoms with Gasteiger partial charge in [-0.2, -0.15) is 4.31 Å². The van der Waals surface area contributed by atoms with Crippen molar-refractivity contribution >= 4 is 22.4 Å². The fourth-order valence-corrected chi connectivity index (χ4v) is 3.59. The number of piperidine rings is 1. The lowest BCUT2D eigenvalue weighted by molar-refractivity contribution is 0.299. The molecule has 0 saturated carbocycles. The summed E-state index contributed by atoms with van der Waals surface area (Å²) < 4.78 is 26.3. The number of nitrogens with one attached hydrogen (secondary N) is 1. The van der Waals surface area contributed by atoms with Gasteiger partial charge in [0.1, 0.15) is 0 Å². The molecule has 2 rings (SSSR count). The summed E-state index contributed by atoms with van der Waals surface area (Å²) in [6.45, 7) is 3.30. The number of hydrogen-bond donors (Lipinski definition) is 1. The summed E-state index contributed by atoms with van der Waals surface area (Å²) in [5, 5.41) is 3.27. The maximum atomic E-state index is 12.4. The van der Waals surface area contributed by atoms with Gasteiger partial charge in [0.15, 0.2) is 5.03 Å². The monoisotopic (exact) mass is 306 g/mol. The summed E-state index contributed by atoms with van der Waals surface area (Å²) in [6, 6.07) is -0.00911. The van der Waals surface area contributed by atoms with E-state index in [1.165, 1.54) is 16.7 Å². The molecular formula is C11H19ClN4O2S. The number of sulfonamides is 1. The number of aryl methyl sites for hydroxylation is 1. The van der Waals surface area contributed by atoms with E-state index in [2.05, 4.69) is 15.3 Å². The van der Waals surface area contributed by atoms with E-state index in [-0.39, 0.29) is 23.5 Å². The fraction of sp³-hybridized carbons (Fsp3) is 0.636. The molecule has 1 N–H and O–H groups in total. The first-order valence-corrected chi connectivity index (χ1v) is 7.44. The van der Waals surface area contributed by atoms with E-state index >= 15 is 0 Å². The lowest BCUT2D eigenvalue weighted by atomic mass is 10.1. The van der Waals surface area contributed by atoms with Crippen LogP contribution in [0.2, 0.25) is 0 Å². The van der Waals surface area contributed by atoms with Gasteiger partial charge in [-0.15, -0.1) is 12.4 Å². The van der Waals surface area contributed by atoms with Crippen molar-refractivity contribution in [1.29, 1.82) is 0 Å². The number of rotatable bonds is 3. The largest absolute Gasteiger partial charge is 0.315 e. The molecule has 0 aromatic carbocycles. The topological polar surface area (TPSA) is 75.2 Å². The Morgan fingerprint density at radius 1 is 1.37 bits per heavy atom. The van der Waals surface area contributed by atoms with Crippen LogP contribution in [0, 0.1) is 6.92 Å². The van der Waals surface area contributed by atoms with E-state index in [9.17, 15) is 8.42 Å². The van der Waals surface area contributed by atoms with Crippen LogP contribution in [-0.2, 0) is 10.0 Å². The molecule has 2 heterocycles. The van der Waals surface area contributed by atoms with Crippen LogP contribution >= 0.6 is 12.4 Å². The van der Waals surface area contributed by atoms with Crippen LogP contribution in [0.5, 0.6) is 0 Å². The summed E-state index contributed by atoms with van der Waals surface area (Å²) in [5.41, 5.74) is 0.438. The molecule has 0 amide bonds. The molecule has 108 valence electrons. The second kappa shape index (κ2) is 6.60. The standard InChI is InChI=1S/C11H18N4O2S.ClH/c1-9-11(14-7-6-13-9)18(16,17)15(2)10-4-3-5-12-8-10;/h6-7,10,12H,3-5,8H2,1-2H3;1H. The van der Waals surface area contributed by atoms with Gasteiger partial charge in [0.2, 0.25) is 0 Å². The zero-order valence-corrected chi connectivity index (χ0v) is 12.7. The first-order valence-electron chi connectivity index (χ1n) is 6.00. The number of aromatic nitrogens is 2. The van der Waals surface area contributed by atoms with Gasteiger partial charge < -0.3 is 5.32 Å². The maximum Gasteiger partial charge on any atom is 0.262 e. The minimum Gasteiger partial charge on any atom is -0.315 e. The van der Waals surface area contributed by atoms with Gasteiger partial charge >= 0.3 is 0 Å². The summed E-state index contributed by atoms with van der Waals surface area (Å²) in [5.74, 6) is 0. The van der Waals surface area contributed by atoms with Crippen LogP contribution in [0.15, 0.2) is 17.4 Å². The minimum atomic E-state index is -3.55. The highest BCUT2D eigenvalue weighted by Crippen LogP contribution is 2.19. The molecule has 1 aromatic heterocycles. The Hall–Kier alpha value is -0.760. The van der Waals surface area contributed by atoms with Gasteiger partial charge in [-0.25, -0.2) is 13.4 Å². The Morgan fingerprint density at radius 2 is 2.05 bits per heavy atom. The molecule has 0 radical (unpaired) electrons. The summed E-state index contributed by atoms with van der Waals surface area (Å²) in [4.78, 5) is 7.94. The van der Waals surface area contributed by atoms with Crippen molar-refractivity contribution in [3.63, 3.8) is 0 Å². The van der Waals surface area contributed by atoms with E-state index in [0.717, 1.165) is 19.4 Å². The average Bonchev–Trinajstić information content (AvgIpc) is 2.39. The molecule has 1 aliphatic heterocycles. The third kappa shape index (κ3) is 3.42. The SMILES string of the molecule is Cc1nccnc1S(=O)(=O)N(C)C1CCCNC1.Cl. The predicted molar refractivity (Wildman–Crippen MR) is 74.9 cm³/mol. The molecule has 1 fully saturated rings. The summed E-state index contributed by atoms with van der Waals surface area (Å²) >= 11 is 0. The van der Waals surface area contributed by atoms with Gasteiger partial charge in [-0.1, -0.05) is 0 Å². The molecule has 8 heteroatoms. The highest BCUT2D eigenvalue weighted by Gasteiger charge is 2.31. The second-order valence-corrected chi connectivity index (χ2v) is 6.38. The van der Waals surface area contributed by atoms with Gasteiger partial charge in [-0.05, 0) is 26.3 Å². The van der Waals surface area contributed by atoms with Crippen LogP contribution in [0.25, 0.3) is 0 Å². The second-order valence-electron chi connectivity index (χ2n) is 4.47. The van der Waals surface area contributed by atoms with Crippen molar-refractivity contribution in [2.24, 2.45) is 0 Å². The lowest BCUT2D eigenvalue weighted by Crippen LogP contribution is -2.46. The number of nitrogens with zero attached hydrogens (tertiary/aromatic N) is 3. The summed E-state index contributed by atoms with van der Waals surface area (Å²) in [6.07, 6.45) is 4.77. The normalized spacial score (nSPS) is 20.1. The first-order chi connectivity index (χ1) is 8.53. The molecule has 1 unspecified atom stereocenters. The van der Waals surface area contributed by atoms with Crippen molar-refractivity contribution in [2.45, 2.75) is 30.8 Å². The molecule has 1 atom stereocenters. The molecule has 0 aliphatic carbocycles. The summed E-state index contributed by atoms with van der Waals surface area (Å²) in [7, 11) is -1.94. The van der Waals surface area contributed by atoms with Crippen molar-refractivity contribution in [3.05, 3.63) is 18.1 Å². The predicted octanol–water partition coefficient (Wildman–Crippen LogP) is 0.579. The Labute approximate surface area is 120 Å². The number of hydrogen-bond acceptors (Lipinski definition) is 5. The van der Waals surface area contributed by atoms with Crippen LogP contribution in [0.3, 0.4) is 0 Å². The third-order valence-electron chi connectivity index (χ3n) is 3.24. The van der Waals surface area contributed by atoms with Crippen LogP contribution < -0.4 is 5.32 Å². The molecule has 6 nitrogen and oxygen atoms in total. The van der Waals surface area contributed by atoms with Crippen molar-refractivity contribution in [3.8, 4) is 0 Å². The molecular weight excluding hydrogens is 288 g/mol. The average molecular weight is 307 g/mol. The highest BCUT2D eigenvalue weighted by atomic mass is 35.5. The Kier molecular flexibility index (Phi) is 5.66. The Morgan fingerprint density at radius 3 is 2.63 bits per heavy atom. The van der Waals surface area contributed by atoms with Gasteiger partial charge in [0.05, 0.1) is 5.69 Å².